The number of halogens is 1. The number of hydrogen-bond donors (Lipinski definition) is 2. The van der Waals surface area contributed by atoms with Gasteiger partial charge in [0.1, 0.15) is 23.3 Å². The molecule has 2 aliphatic carbocycles. The summed E-state index contributed by atoms with van der Waals surface area (Å²) in [6.45, 7) is 2.27. The van der Waals surface area contributed by atoms with Gasteiger partial charge in [-0.3, -0.25) is 19.2 Å². The number of aromatic amines is 1. The minimum Gasteiger partial charge on any atom is -0.494 e. The Morgan fingerprint density at radius 1 is 1.22 bits per heavy atom. The summed E-state index contributed by atoms with van der Waals surface area (Å²) >= 11 is 6.27. The highest BCUT2D eigenvalue weighted by Gasteiger charge is 2.50. The van der Waals surface area contributed by atoms with E-state index in [9.17, 15) is 19.2 Å². The summed E-state index contributed by atoms with van der Waals surface area (Å²) in [6.07, 6.45) is 5.63. The van der Waals surface area contributed by atoms with Crippen LogP contribution in [0, 0.1) is 17.8 Å². The topological polar surface area (TPSA) is 109 Å². The minimum atomic E-state index is -0.707. The monoisotopic (exact) mass is 527 g/mol. The van der Waals surface area contributed by atoms with Crippen molar-refractivity contribution in [2.75, 3.05) is 13.7 Å². The molecule has 1 aromatic carbocycles. The number of hydrogen-bond acceptors (Lipinski definition) is 5. The van der Waals surface area contributed by atoms with Crippen molar-refractivity contribution in [2.24, 2.45) is 17.8 Å². The zero-order valence-electron chi connectivity index (χ0n) is 21.3. The summed E-state index contributed by atoms with van der Waals surface area (Å²) < 4.78 is 5.44. The van der Waals surface area contributed by atoms with E-state index in [4.69, 9.17) is 16.3 Å². The number of aromatic nitrogens is 1. The lowest BCUT2D eigenvalue weighted by Gasteiger charge is -2.29. The van der Waals surface area contributed by atoms with E-state index in [1.807, 2.05) is 0 Å². The Morgan fingerprint density at radius 2 is 2.03 bits per heavy atom. The third-order valence-corrected chi connectivity index (χ3v) is 8.86. The average molecular weight is 528 g/mol. The number of carbonyl (C=O) groups is 4. The van der Waals surface area contributed by atoms with Gasteiger partial charge in [-0.2, -0.15) is 0 Å². The van der Waals surface area contributed by atoms with Crippen LogP contribution >= 0.6 is 11.6 Å². The van der Waals surface area contributed by atoms with E-state index in [0.29, 0.717) is 41.2 Å². The molecule has 3 fully saturated rings. The lowest BCUT2D eigenvalue weighted by molar-refractivity contribution is -0.131. The van der Waals surface area contributed by atoms with Gasteiger partial charge in [-0.15, -0.1) is 0 Å². The smallest absolute Gasteiger partial charge is 0.271 e. The van der Waals surface area contributed by atoms with Gasteiger partial charge in [-0.1, -0.05) is 24.9 Å². The van der Waals surface area contributed by atoms with Crippen molar-refractivity contribution in [1.82, 2.24) is 15.2 Å². The highest BCUT2D eigenvalue weighted by molar-refractivity contribution is 6.33. The molecule has 8 nitrogen and oxygen atoms in total. The molecular formula is C28H34ClN3O5. The van der Waals surface area contributed by atoms with E-state index >= 15 is 0 Å². The van der Waals surface area contributed by atoms with Crippen LogP contribution in [0.5, 0.6) is 5.75 Å². The van der Waals surface area contributed by atoms with Gasteiger partial charge in [0.05, 0.1) is 18.2 Å². The Balaban J connectivity index is 1.40. The third-order valence-electron chi connectivity index (χ3n) is 8.57. The number of H-pyrrole nitrogens is 1. The van der Waals surface area contributed by atoms with E-state index in [1.54, 1.807) is 30.0 Å². The quantitative estimate of drug-likeness (QED) is 0.532. The number of ether oxygens (including phenoxy) is 1. The van der Waals surface area contributed by atoms with Crippen molar-refractivity contribution >= 4 is 45.9 Å². The number of nitrogens with one attached hydrogen (secondary N) is 2. The minimum absolute atomic E-state index is 0.0581. The number of nitrogens with zero attached hydrogens (tertiary/aromatic N) is 1. The van der Waals surface area contributed by atoms with Gasteiger partial charge >= 0.3 is 0 Å². The molecule has 9 heteroatoms. The van der Waals surface area contributed by atoms with Crippen LogP contribution in [-0.2, 0) is 14.4 Å². The van der Waals surface area contributed by atoms with Crippen molar-refractivity contribution in [1.29, 1.82) is 0 Å². The zero-order valence-corrected chi connectivity index (χ0v) is 22.1. The Labute approximate surface area is 221 Å². The molecule has 5 atom stereocenters. The molecule has 2 N–H and O–H groups in total. The van der Waals surface area contributed by atoms with Gasteiger partial charge in [0.15, 0.2) is 5.78 Å². The molecule has 5 unspecified atom stereocenters. The second-order valence-corrected chi connectivity index (χ2v) is 11.1. The van der Waals surface area contributed by atoms with Gasteiger partial charge in [0.2, 0.25) is 5.91 Å². The zero-order chi connectivity index (χ0) is 26.3. The van der Waals surface area contributed by atoms with E-state index in [1.165, 1.54) is 7.11 Å². The third kappa shape index (κ3) is 4.76. The number of fused-ring (bicyclic) bond motifs is 2. The summed E-state index contributed by atoms with van der Waals surface area (Å²) in [4.78, 5) is 57.4. The molecule has 198 valence electrons. The van der Waals surface area contributed by atoms with E-state index < -0.39 is 12.1 Å². The normalized spacial score (nSPS) is 25.9. The summed E-state index contributed by atoms with van der Waals surface area (Å²) in [6, 6.07) is 3.88. The number of amides is 2. The molecule has 5 rings (SSSR count). The maximum atomic E-state index is 13.8. The van der Waals surface area contributed by atoms with Crippen LogP contribution in [0.25, 0.3) is 10.9 Å². The van der Waals surface area contributed by atoms with Crippen molar-refractivity contribution in [2.45, 2.75) is 70.4 Å². The van der Waals surface area contributed by atoms with Gasteiger partial charge in [0.25, 0.3) is 5.91 Å². The SMILES string of the molecule is CCC(=O)C(CC1CCCC1=O)NC(=O)C1C2CCCC2CN1C(=O)c1cc2c(OC)c(Cl)ccc2[nH]1. The summed E-state index contributed by atoms with van der Waals surface area (Å²) in [7, 11) is 1.53. The number of ketones is 2. The van der Waals surface area contributed by atoms with Crippen LogP contribution in [0.2, 0.25) is 5.02 Å². The first kappa shape index (κ1) is 25.8. The van der Waals surface area contributed by atoms with E-state index in [2.05, 4.69) is 10.3 Å². The fourth-order valence-corrected chi connectivity index (χ4v) is 6.92. The lowest BCUT2D eigenvalue weighted by Crippen LogP contribution is -2.53. The molecule has 0 bridgehead atoms. The van der Waals surface area contributed by atoms with E-state index in [0.717, 1.165) is 37.6 Å². The predicted octanol–water partition coefficient (Wildman–Crippen LogP) is 4.29. The van der Waals surface area contributed by atoms with Crippen LogP contribution < -0.4 is 10.1 Å². The number of Topliss-reactive ketones (excluding diaryl/α,β-unsaturated/α-hetero) is 2. The molecule has 2 heterocycles. The van der Waals surface area contributed by atoms with Crippen molar-refractivity contribution in [3.63, 3.8) is 0 Å². The second kappa shape index (κ2) is 10.5. The highest BCUT2D eigenvalue weighted by Crippen LogP contribution is 2.43. The first-order valence-corrected chi connectivity index (χ1v) is 13.7. The second-order valence-electron chi connectivity index (χ2n) is 10.7. The van der Waals surface area contributed by atoms with Crippen LogP contribution in [0.4, 0.5) is 0 Å². The standard InChI is InChI=1S/C28H34ClN3O5/c1-3-23(33)21(12-15-6-5-9-24(15)34)31-27(35)25-17-8-4-7-16(17)14-32(25)28(36)22-13-18-20(30-22)11-10-19(29)26(18)37-2/h10-11,13,15-17,21,25,30H,3-9,12,14H2,1-2H3,(H,31,35). The Kier molecular flexibility index (Phi) is 7.30. The molecule has 1 aromatic heterocycles. The Hall–Kier alpha value is -2.87. The predicted molar refractivity (Wildman–Crippen MR) is 140 cm³/mol. The first-order chi connectivity index (χ1) is 17.8. The van der Waals surface area contributed by atoms with Crippen molar-refractivity contribution in [3.05, 3.63) is 28.9 Å². The summed E-state index contributed by atoms with van der Waals surface area (Å²) in [5.41, 5.74) is 1.09. The van der Waals surface area contributed by atoms with Gasteiger partial charge in [-0.25, -0.2) is 0 Å². The first-order valence-electron chi connectivity index (χ1n) is 13.3. The fourth-order valence-electron chi connectivity index (χ4n) is 6.67. The molecule has 1 aliphatic heterocycles. The van der Waals surface area contributed by atoms with Crippen molar-refractivity contribution in [3.8, 4) is 5.75 Å². The Bertz CT molecular complexity index is 1240. The van der Waals surface area contributed by atoms with Gasteiger partial charge in [0, 0.05) is 36.2 Å². The maximum absolute atomic E-state index is 13.8. The van der Waals surface area contributed by atoms with E-state index in [-0.39, 0.29) is 47.6 Å². The fraction of sp³-hybridized carbons (Fsp3) is 0.571. The number of methoxy groups -OCH3 is 1. The van der Waals surface area contributed by atoms with Crippen LogP contribution in [0.3, 0.4) is 0 Å². The number of benzene rings is 1. The molecule has 3 aliphatic rings. The van der Waals surface area contributed by atoms with Crippen LogP contribution in [0.15, 0.2) is 18.2 Å². The molecule has 0 radical (unpaired) electrons. The lowest BCUT2D eigenvalue weighted by atomic mass is 9.91. The highest BCUT2D eigenvalue weighted by atomic mass is 35.5. The number of carbonyl (C=O) groups excluding carboxylic acids is 4. The van der Waals surface area contributed by atoms with Crippen molar-refractivity contribution < 1.29 is 23.9 Å². The van der Waals surface area contributed by atoms with Gasteiger partial charge in [-0.05, 0) is 62.1 Å². The largest absolute Gasteiger partial charge is 0.494 e. The molecule has 37 heavy (non-hydrogen) atoms. The maximum Gasteiger partial charge on any atom is 0.271 e. The number of likely N-dealkylation sites (tertiary alicyclic amines) is 1. The number of rotatable bonds is 8. The average Bonchev–Trinajstić information content (AvgIpc) is 3.66. The Morgan fingerprint density at radius 3 is 2.73 bits per heavy atom. The summed E-state index contributed by atoms with van der Waals surface area (Å²) in [5, 5.41) is 4.13. The molecule has 2 aromatic rings. The van der Waals surface area contributed by atoms with Crippen LogP contribution in [0.1, 0.15) is 68.8 Å². The van der Waals surface area contributed by atoms with Gasteiger partial charge < -0.3 is 19.9 Å². The summed E-state index contributed by atoms with van der Waals surface area (Å²) in [5.74, 6) is 0.161. The molecule has 1 saturated heterocycles. The molecule has 2 saturated carbocycles. The molecule has 2 amide bonds. The molecule has 0 spiro atoms. The molecular weight excluding hydrogens is 494 g/mol. The van der Waals surface area contributed by atoms with Crippen LogP contribution in [-0.4, -0.2) is 59.0 Å².